The van der Waals surface area contributed by atoms with E-state index >= 15 is 0 Å². The highest BCUT2D eigenvalue weighted by atomic mass is 19.4. The van der Waals surface area contributed by atoms with E-state index in [1.54, 1.807) is 0 Å². The van der Waals surface area contributed by atoms with Crippen LogP contribution < -0.4 is 15.5 Å². The largest absolute Gasteiger partial charge is 0.416 e. The molecule has 4 nitrogen and oxygen atoms in total. The summed E-state index contributed by atoms with van der Waals surface area (Å²) in [7, 11) is 3.97. The molecule has 1 aliphatic carbocycles. The van der Waals surface area contributed by atoms with Gasteiger partial charge in [0.05, 0.1) is 23.0 Å². The molecule has 0 radical (unpaired) electrons. The number of alkyl halides is 3. The summed E-state index contributed by atoms with van der Waals surface area (Å²) in [5, 5.41) is 6.87. The van der Waals surface area contributed by atoms with Crippen molar-refractivity contribution in [1.29, 1.82) is 0 Å². The molecule has 1 aliphatic heterocycles. The van der Waals surface area contributed by atoms with Crippen molar-refractivity contribution in [2.45, 2.75) is 31.0 Å². The molecule has 0 saturated carbocycles. The first-order chi connectivity index (χ1) is 16.7. The van der Waals surface area contributed by atoms with Crippen molar-refractivity contribution >= 4 is 22.8 Å². The lowest BCUT2D eigenvalue weighted by atomic mass is 9.78. The first kappa shape index (κ1) is 23.0. The molecule has 2 N–H and O–H groups in total. The van der Waals surface area contributed by atoms with Gasteiger partial charge in [-0.3, -0.25) is 4.79 Å². The predicted molar refractivity (Wildman–Crippen MR) is 133 cm³/mol. The first-order valence-electron chi connectivity index (χ1n) is 11.5. The molecule has 0 amide bonds. The molecule has 0 aromatic heterocycles. The number of benzene rings is 3. The van der Waals surface area contributed by atoms with Crippen molar-refractivity contribution < 1.29 is 18.0 Å². The second-order valence-corrected chi connectivity index (χ2v) is 9.27. The Balaban J connectivity index is 1.54. The molecular weight excluding hydrogens is 451 g/mol. The van der Waals surface area contributed by atoms with Crippen LogP contribution in [-0.4, -0.2) is 19.9 Å². The van der Waals surface area contributed by atoms with Crippen LogP contribution in [0.3, 0.4) is 0 Å². The summed E-state index contributed by atoms with van der Waals surface area (Å²) in [6, 6.07) is 20.4. The molecule has 0 spiro atoms. The maximum absolute atomic E-state index is 13.6. The number of anilines is 3. The molecule has 35 heavy (non-hydrogen) atoms. The normalized spacial score (nSPS) is 19.7. The van der Waals surface area contributed by atoms with Crippen LogP contribution >= 0.6 is 0 Å². The quantitative estimate of drug-likeness (QED) is 0.438. The van der Waals surface area contributed by atoms with Crippen LogP contribution in [0.1, 0.15) is 41.5 Å². The highest BCUT2D eigenvalue weighted by molar-refractivity contribution is 6.01. The van der Waals surface area contributed by atoms with E-state index in [-0.39, 0.29) is 11.7 Å². The Morgan fingerprint density at radius 1 is 0.829 bits per heavy atom. The van der Waals surface area contributed by atoms with Crippen molar-refractivity contribution in [1.82, 2.24) is 0 Å². The number of Topliss-reactive ketones (excluding diaryl/α,β-unsaturated/α-hetero) is 1. The Hall–Kier alpha value is -3.74. The minimum Gasteiger partial charge on any atom is -0.378 e. The van der Waals surface area contributed by atoms with E-state index < -0.39 is 17.8 Å². The maximum Gasteiger partial charge on any atom is 0.416 e. The second kappa shape index (κ2) is 8.80. The van der Waals surface area contributed by atoms with Crippen LogP contribution in [0.25, 0.3) is 0 Å². The third kappa shape index (κ3) is 4.50. The molecule has 2 atom stereocenters. The standard InChI is InChI=1S/C28H26F3N3O/c1-34(2)21-13-9-17(10-14-21)19-15-24-26(25(35)16-19)27(33-23-6-4-3-5-22(23)32-24)18-7-11-20(12-8-18)28(29,30)31/h3-14,19,27,32-33H,15-16H2,1-2H3. The molecule has 0 fully saturated rings. The number of carbonyl (C=O) groups is 1. The van der Waals surface area contributed by atoms with Gasteiger partial charge in [0.25, 0.3) is 0 Å². The Bertz CT molecular complexity index is 1280. The number of nitrogens with one attached hydrogen (secondary N) is 2. The number of fused-ring (bicyclic) bond motifs is 1. The Morgan fingerprint density at radius 2 is 1.46 bits per heavy atom. The van der Waals surface area contributed by atoms with Crippen molar-refractivity contribution in [3.63, 3.8) is 0 Å². The van der Waals surface area contributed by atoms with Gasteiger partial charge in [-0.1, -0.05) is 36.4 Å². The van der Waals surface area contributed by atoms with E-state index in [0.29, 0.717) is 24.0 Å². The SMILES string of the molecule is CN(C)c1ccc(C2CC(=O)C3=C(C2)Nc2ccccc2NC3c2ccc(C(F)(F)F)cc2)cc1. The topological polar surface area (TPSA) is 44.4 Å². The molecule has 3 aromatic rings. The molecule has 2 unspecified atom stereocenters. The van der Waals surface area contributed by atoms with E-state index in [4.69, 9.17) is 0 Å². The number of halogens is 3. The van der Waals surface area contributed by atoms with Crippen LogP contribution in [0.15, 0.2) is 84.1 Å². The van der Waals surface area contributed by atoms with E-state index in [2.05, 4.69) is 22.8 Å². The van der Waals surface area contributed by atoms with Crippen LogP contribution in [0, 0.1) is 0 Å². The summed E-state index contributed by atoms with van der Waals surface area (Å²) in [4.78, 5) is 15.6. The predicted octanol–water partition coefficient (Wildman–Crippen LogP) is 6.75. The lowest BCUT2D eigenvalue weighted by Gasteiger charge is -2.30. The molecule has 0 bridgehead atoms. The minimum atomic E-state index is -4.41. The van der Waals surface area contributed by atoms with Crippen LogP contribution in [0.5, 0.6) is 0 Å². The van der Waals surface area contributed by atoms with Crippen LogP contribution in [-0.2, 0) is 11.0 Å². The smallest absolute Gasteiger partial charge is 0.378 e. The summed E-state index contributed by atoms with van der Waals surface area (Å²) in [6.07, 6.45) is -3.43. The minimum absolute atomic E-state index is 0.00867. The van der Waals surface area contributed by atoms with Crippen LogP contribution in [0.4, 0.5) is 30.2 Å². The average molecular weight is 478 g/mol. The van der Waals surface area contributed by atoms with E-state index in [9.17, 15) is 18.0 Å². The highest BCUT2D eigenvalue weighted by Gasteiger charge is 2.37. The van der Waals surface area contributed by atoms with Crippen molar-refractivity contribution in [3.8, 4) is 0 Å². The van der Waals surface area contributed by atoms with Gasteiger partial charge in [-0.25, -0.2) is 0 Å². The third-order valence-corrected chi connectivity index (χ3v) is 6.76. The number of hydrogen-bond donors (Lipinski definition) is 2. The molecule has 0 saturated heterocycles. The number of allylic oxidation sites excluding steroid dienone is 1. The maximum atomic E-state index is 13.6. The zero-order valence-corrected chi connectivity index (χ0v) is 19.5. The summed E-state index contributed by atoms with van der Waals surface area (Å²) in [5.41, 5.74) is 5.12. The number of rotatable bonds is 3. The zero-order chi connectivity index (χ0) is 24.7. The van der Waals surface area contributed by atoms with E-state index in [1.807, 2.05) is 55.4 Å². The molecule has 2 aliphatic rings. The molecule has 5 rings (SSSR count). The Labute approximate surface area is 202 Å². The average Bonchev–Trinajstić information content (AvgIpc) is 3.00. The number of ketones is 1. The second-order valence-electron chi connectivity index (χ2n) is 9.27. The number of hydrogen-bond acceptors (Lipinski definition) is 4. The fourth-order valence-electron chi connectivity index (χ4n) is 4.89. The summed E-state index contributed by atoms with van der Waals surface area (Å²) in [6.45, 7) is 0. The van der Waals surface area contributed by atoms with Gasteiger partial charge in [0.2, 0.25) is 0 Å². The van der Waals surface area contributed by atoms with Gasteiger partial charge >= 0.3 is 6.18 Å². The number of nitrogens with zero attached hydrogens (tertiary/aromatic N) is 1. The van der Waals surface area contributed by atoms with E-state index in [1.165, 1.54) is 12.1 Å². The van der Waals surface area contributed by atoms with Gasteiger partial charge in [0.1, 0.15) is 0 Å². The molecular formula is C28H26F3N3O. The van der Waals surface area contributed by atoms with Crippen molar-refractivity contribution in [2.24, 2.45) is 0 Å². The molecule has 180 valence electrons. The molecule has 7 heteroatoms. The van der Waals surface area contributed by atoms with Crippen molar-refractivity contribution in [3.05, 3.63) is 101 Å². The number of para-hydroxylation sites is 2. The fourth-order valence-corrected chi connectivity index (χ4v) is 4.89. The molecule has 1 heterocycles. The summed E-state index contributed by atoms with van der Waals surface area (Å²) < 4.78 is 39.4. The van der Waals surface area contributed by atoms with E-state index in [0.717, 1.165) is 40.5 Å². The zero-order valence-electron chi connectivity index (χ0n) is 19.5. The van der Waals surface area contributed by atoms with Gasteiger partial charge < -0.3 is 15.5 Å². The van der Waals surface area contributed by atoms with Crippen LogP contribution in [0.2, 0.25) is 0 Å². The van der Waals surface area contributed by atoms with Gasteiger partial charge in [-0.2, -0.15) is 13.2 Å². The summed E-state index contributed by atoms with van der Waals surface area (Å²) >= 11 is 0. The fraction of sp³-hybridized carbons (Fsp3) is 0.250. The monoisotopic (exact) mass is 477 g/mol. The Morgan fingerprint density at radius 3 is 2.09 bits per heavy atom. The lowest BCUT2D eigenvalue weighted by molar-refractivity contribution is -0.137. The van der Waals surface area contributed by atoms with Gasteiger partial charge in [0.15, 0.2) is 5.78 Å². The highest BCUT2D eigenvalue weighted by Crippen LogP contribution is 2.44. The lowest BCUT2D eigenvalue weighted by Crippen LogP contribution is -2.27. The molecule has 3 aromatic carbocycles. The first-order valence-corrected chi connectivity index (χ1v) is 11.5. The van der Waals surface area contributed by atoms with Gasteiger partial charge in [-0.15, -0.1) is 0 Å². The van der Waals surface area contributed by atoms with Crippen molar-refractivity contribution in [2.75, 3.05) is 29.6 Å². The van der Waals surface area contributed by atoms with Gasteiger partial charge in [0, 0.05) is 37.5 Å². The van der Waals surface area contributed by atoms with Gasteiger partial charge in [-0.05, 0) is 59.9 Å². The summed E-state index contributed by atoms with van der Waals surface area (Å²) in [5.74, 6) is 0.00844. The Kier molecular flexibility index (Phi) is 5.79. The third-order valence-electron chi connectivity index (χ3n) is 6.76. The number of carbonyl (C=O) groups excluding carboxylic acids is 1.